The predicted molar refractivity (Wildman–Crippen MR) is 73.2 cm³/mol. The molecular weight excluding hydrogens is 266 g/mol. The lowest BCUT2D eigenvalue weighted by Gasteiger charge is -2.24. The first-order valence-corrected chi connectivity index (χ1v) is 8.09. The van der Waals surface area contributed by atoms with Crippen molar-refractivity contribution in [1.29, 1.82) is 0 Å². The summed E-state index contributed by atoms with van der Waals surface area (Å²) < 4.78 is 31.5. The molecule has 1 rings (SSSR count). The van der Waals surface area contributed by atoms with Gasteiger partial charge in [-0.2, -0.15) is 4.31 Å². The number of furan rings is 1. The number of aliphatic hydroxyl groups is 1. The van der Waals surface area contributed by atoms with Gasteiger partial charge in [-0.15, -0.1) is 0 Å². The van der Waals surface area contributed by atoms with E-state index in [1.807, 2.05) is 13.8 Å². The fourth-order valence-corrected chi connectivity index (χ4v) is 3.48. The second kappa shape index (κ2) is 7.07. The van der Waals surface area contributed by atoms with Crippen molar-refractivity contribution in [1.82, 2.24) is 4.31 Å². The Balaban J connectivity index is 2.92. The van der Waals surface area contributed by atoms with E-state index in [4.69, 9.17) is 9.52 Å². The minimum absolute atomic E-state index is 0.0956. The van der Waals surface area contributed by atoms with Crippen LogP contribution in [0.2, 0.25) is 0 Å². The molecule has 0 bridgehead atoms. The van der Waals surface area contributed by atoms with Gasteiger partial charge in [-0.05, 0) is 32.4 Å². The molecule has 0 saturated heterocycles. The second-order valence-electron chi connectivity index (χ2n) is 4.80. The van der Waals surface area contributed by atoms with Crippen molar-refractivity contribution in [3.63, 3.8) is 0 Å². The van der Waals surface area contributed by atoms with Crippen LogP contribution >= 0.6 is 0 Å². The molecule has 6 heteroatoms. The molecule has 0 atom stereocenters. The van der Waals surface area contributed by atoms with Crippen LogP contribution in [0.15, 0.2) is 21.6 Å². The maximum atomic E-state index is 12.4. The van der Waals surface area contributed by atoms with E-state index in [2.05, 4.69) is 6.92 Å². The molecule has 1 aromatic rings. The molecular formula is C13H23NO4S. The van der Waals surface area contributed by atoms with Crippen LogP contribution in [0.1, 0.15) is 45.8 Å². The Bertz CT molecular complexity index is 479. The Morgan fingerprint density at radius 2 is 2.00 bits per heavy atom. The smallest absolute Gasteiger partial charge is 0.276 e. The summed E-state index contributed by atoms with van der Waals surface area (Å²) in [6.45, 7) is 5.96. The molecule has 0 amide bonds. The van der Waals surface area contributed by atoms with E-state index in [9.17, 15) is 8.42 Å². The van der Waals surface area contributed by atoms with Gasteiger partial charge in [0.05, 0.1) is 0 Å². The Labute approximate surface area is 115 Å². The molecule has 0 aliphatic rings. The van der Waals surface area contributed by atoms with Crippen LogP contribution in [0.25, 0.3) is 0 Å². The van der Waals surface area contributed by atoms with Crippen molar-refractivity contribution in [2.45, 2.75) is 57.8 Å². The minimum Gasteiger partial charge on any atom is -0.446 e. The lowest BCUT2D eigenvalue weighted by Crippen LogP contribution is -2.37. The highest BCUT2D eigenvalue weighted by molar-refractivity contribution is 7.89. The van der Waals surface area contributed by atoms with Crippen molar-refractivity contribution < 1.29 is 17.9 Å². The SMILES string of the molecule is CCCCCN(C(C)C)S(=O)(=O)c1ccc(CO)o1. The molecule has 1 heterocycles. The van der Waals surface area contributed by atoms with E-state index in [1.54, 1.807) is 0 Å². The van der Waals surface area contributed by atoms with Gasteiger partial charge in [-0.1, -0.05) is 19.8 Å². The Hall–Kier alpha value is -0.850. The molecule has 5 nitrogen and oxygen atoms in total. The molecule has 19 heavy (non-hydrogen) atoms. The van der Waals surface area contributed by atoms with Crippen LogP contribution in [-0.2, 0) is 16.6 Å². The summed E-state index contributed by atoms with van der Waals surface area (Å²) in [7, 11) is -3.61. The number of sulfonamides is 1. The minimum atomic E-state index is -3.61. The number of rotatable bonds is 8. The number of nitrogens with zero attached hydrogens (tertiary/aromatic N) is 1. The van der Waals surface area contributed by atoms with Crippen LogP contribution in [0, 0.1) is 0 Å². The van der Waals surface area contributed by atoms with Gasteiger partial charge in [0.25, 0.3) is 10.0 Å². The summed E-state index contributed by atoms with van der Waals surface area (Å²) in [4.78, 5) is 0. The zero-order chi connectivity index (χ0) is 14.5. The van der Waals surface area contributed by atoms with Crippen molar-refractivity contribution in [3.8, 4) is 0 Å². The third kappa shape index (κ3) is 4.06. The quantitative estimate of drug-likeness (QED) is 0.746. The highest BCUT2D eigenvalue weighted by atomic mass is 32.2. The van der Waals surface area contributed by atoms with Crippen LogP contribution in [0.4, 0.5) is 0 Å². The Morgan fingerprint density at radius 1 is 1.32 bits per heavy atom. The molecule has 0 saturated carbocycles. The molecule has 0 aliphatic heterocycles. The molecule has 0 radical (unpaired) electrons. The normalized spacial score (nSPS) is 12.5. The van der Waals surface area contributed by atoms with Gasteiger partial charge >= 0.3 is 0 Å². The van der Waals surface area contributed by atoms with E-state index in [-0.39, 0.29) is 23.5 Å². The molecule has 110 valence electrons. The van der Waals surface area contributed by atoms with Gasteiger partial charge in [0.15, 0.2) is 0 Å². The van der Waals surface area contributed by atoms with Gasteiger partial charge in [-0.25, -0.2) is 8.42 Å². The van der Waals surface area contributed by atoms with E-state index >= 15 is 0 Å². The average molecular weight is 289 g/mol. The van der Waals surface area contributed by atoms with Gasteiger partial charge < -0.3 is 9.52 Å². The summed E-state index contributed by atoms with van der Waals surface area (Å²) in [5.41, 5.74) is 0. The van der Waals surface area contributed by atoms with Gasteiger partial charge in [-0.3, -0.25) is 0 Å². The van der Waals surface area contributed by atoms with Crippen molar-refractivity contribution in [3.05, 3.63) is 17.9 Å². The maximum Gasteiger partial charge on any atom is 0.276 e. The van der Waals surface area contributed by atoms with Gasteiger partial charge in [0, 0.05) is 12.6 Å². The molecule has 0 aromatic carbocycles. The average Bonchev–Trinajstić information content (AvgIpc) is 2.83. The standard InChI is InChI=1S/C13H23NO4S/c1-4-5-6-9-14(11(2)3)19(16,17)13-8-7-12(10-15)18-13/h7-8,11,15H,4-6,9-10H2,1-3H3. The highest BCUT2D eigenvalue weighted by Crippen LogP contribution is 2.21. The molecule has 0 aliphatic carbocycles. The summed E-state index contributed by atoms with van der Waals surface area (Å²) in [6.07, 6.45) is 2.88. The van der Waals surface area contributed by atoms with E-state index in [1.165, 1.54) is 16.4 Å². The third-order valence-electron chi connectivity index (χ3n) is 2.91. The lowest BCUT2D eigenvalue weighted by molar-refractivity contribution is 0.234. The molecule has 0 fully saturated rings. The van der Waals surface area contributed by atoms with Crippen LogP contribution in [0.5, 0.6) is 0 Å². The van der Waals surface area contributed by atoms with Crippen molar-refractivity contribution in [2.75, 3.05) is 6.54 Å². The first-order chi connectivity index (χ1) is 8.93. The van der Waals surface area contributed by atoms with Crippen molar-refractivity contribution in [2.24, 2.45) is 0 Å². The first kappa shape index (κ1) is 16.2. The Kier molecular flexibility index (Phi) is 6.03. The highest BCUT2D eigenvalue weighted by Gasteiger charge is 2.29. The summed E-state index contributed by atoms with van der Waals surface area (Å²) in [5, 5.41) is 8.84. The molecule has 1 aromatic heterocycles. The van der Waals surface area contributed by atoms with E-state index < -0.39 is 10.0 Å². The maximum absolute atomic E-state index is 12.4. The zero-order valence-electron chi connectivity index (χ0n) is 11.8. The fourth-order valence-electron chi connectivity index (χ4n) is 1.87. The summed E-state index contributed by atoms with van der Waals surface area (Å²) >= 11 is 0. The molecule has 0 spiro atoms. The number of hydrogen-bond donors (Lipinski definition) is 1. The second-order valence-corrected chi connectivity index (χ2v) is 6.62. The largest absolute Gasteiger partial charge is 0.446 e. The van der Waals surface area contributed by atoms with Crippen molar-refractivity contribution >= 4 is 10.0 Å². The van der Waals surface area contributed by atoms with E-state index in [0.29, 0.717) is 6.54 Å². The van der Waals surface area contributed by atoms with Gasteiger partial charge in [0.1, 0.15) is 12.4 Å². The first-order valence-electron chi connectivity index (χ1n) is 6.64. The zero-order valence-corrected chi connectivity index (χ0v) is 12.6. The van der Waals surface area contributed by atoms with E-state index in [0.717, 1.165) is 19.3 Å². The monoisotopic (exact) mass is 289 g/mol. The number of unbranched alkanes of at least 4 members (excludes halogenated alkanes) is 2. The van der Waals surface area contributed by atoms with Gasteiger partial charge in [0.2, 0.25) is 5.09 Å². The lowest BCUT2D eigenvalue weighted by atomic mass is 10.2. The molecule has 1 N–H and O–H groups in total. The summed E-state index contributed by atoms with van der Waals surface area (Å²) in [6, 6.07) is 2.76. The van der Waals surface area contributed by atoms with Crippen LogP contribution < -0.4 is 0 Å². The predicted octanol–water partition coefficient (Wildman–Crippen LogP) is 2.36. The molecule has 0 unspecified atom stereocenters. The number of aliphatic hydroxyl groups excluding tert-OH is 1. The summed E-state index contributed by atoms with van der Waals surface area (Å²) in [5.74, 6) is 0.260. The van der Waals surface area contributed by atoms with Crippen LogP contribution in [-0.4, -0.2) is 30.4 Å². The van der Waals surface area contributed by atoms with Crippen LogP contribution in [0.3, 0.4) is 0 Å². The third-order valence-corrected chi connectivity index (χ3v) is 4.86. The topological polar surface area (TPSA) is 70.8 Å². The fraction of sp³-hybridized carbons (Fsp3) is 0.692. The Morgan fingerprint density at radius 3 is 2.47 bits per heavy atom. The number of hydrogen-bond acceptors (Lipinski definition) is 4.